The molecule has 0 amide bonds. The number of rotatable bonds is 7. The van der Waals surface area contributed by atoms with Gasteiger partial charge in [-0.15, -0.1) is 5.10 Å². The Morgan fingerprint density at radius 1 is 1.33 bits per heavy atom. The molecule has 0 radical (unpaired) electrons. The molecule has 5 heteroatoms. The normalized spacial score (nSPS) is 12.8. The number of H-pyrrole nitrogens is 1. The third-order valence-corrected chi connectivity index (χ3v) is 3.83. The van der Waals surface area contributed by atoms with E-state index in [0.717, 1.165) is 25.9 Å². The number of benzene rings is 1. The second-order valence-corrected chi connectivity index (χ2v) is 5.42. The average molecular weight is 283 g/mol. The first-order valence-electron chi connectivity index (χ1n) is 7.45. The topological polar surface area (TPSA) is 58.5 Å². The molecule has 5 nitrogen and oxygen atoms in total. The Kier molecular flexibility index (Phi) is 4.31. The molecule has 3 rings (SSSR count). The van der Waals surface area contributed by atoms with Gasteiger partial charge in [0.25, 0.3) is 0 Å². The van der Waals surface area contributed by atoms with Crippen LogP contribution in [-0.2, 0) is 13.0 Å². The smallest absolute Gasteiger partial charge is 0.0692 e. The predicted molar refractivity (Wildman–Crippen MR) is 84.1 cm³/mol. The van der Waals surface area contributed by atoms with E-state index in [9.17, 15) is 0 Å². The second kappa shape index (κ2) is 6.54. The van der Waals surface area contributed by atoms with Crippen LogP contribution in [0.4, 0.5) is 0 Å². The van der Waals surface area contributed by atoms with Crippen molar-refractivity contribution in [3.63, 3.8) is 0 Å². The first-order chi connectivity index (χ1) is 10.3. The number of hydrogen-bond acceptors (Lipinski definition) is 3. The van der Waals surface area contributed by atoms with Crippen molar-refractivity contribution >= 4 is 10.9 Å². The number of nitrogens with one attached hydrogen (secondary N) is 2. The Hall–Kier alpha value is -2.14. The third kappa shape index (κ3) is 3.49. The van der Waals surface area contributed by atoms with Gasteiger partial charge in [0.1, 0.15) is 0 Å². The number of para-hydroxylation sites is 1. The van der Waals surface area contributed by atoms with Crippen LogP contribution in [0.15, 0.2) is 42.9 Å². The van der Waals surface area contributed by atoms with Gasteiger partial charge in [-0.2, -0.15) is 0 Å². The predicted octanol–water partition coefficient (Wildman–Crippen LogP) is 2.37. The van der Waals surface area contributed by atoms with E-state index < -0.39 is 0 Å². The Morgan fingerprint density at radius 2 is 2.24 bits per heavy atom. The molecule has 3 aromatic rings. The third-order valence-electron chi connectivity index (χ3n) is 3.83. The lowest BCUT2D eigenvalue weighted by atomic mass is 10.1. The summed E-state index contributed by atoms with van der Waals surface area (Å²) in [6.07, 6.45) is 7.94. The number of hydrogen-bond donors (Lipinski definition) is 2. The molecule has 1 unspecified atom stereocenters. The fourth-order valence-corrected chi connectivity index (χ4v) is 2.59. The van der Waals surface area contributed by atoms with Crippen molar-refractivity contribution in [2.24, 2.45) is 0 Å². The maximum Gasteiger partial charge on any atom is 0.0692 e. The van der Waals surface area contributed by atoms with Gasteiger partial charge in [-0.25, -0.2) is 0 Å². The average Bonchev–Trinajstić information content (AvgIpc) is 3.14. The van der Waals surface area contributed by atoms with Gasteiger partial charge in [0, 0.05) is 35.9 Å². The molecule has 0 aliphatic carbocycles. The highest BCUT2D eigenvalue weighted by molar-refractivity contribution is 5.82. The van der Waals surface area contributed by atoms with Crippen LogP contribution < -0.4 is 5.32 Å². The summed E-state index contributed by atoms with van der Waals surface area (Å²) in [7, 11) is 0. The standard InChI is InChI=1S/C16H21N5/c1-13(17-8-10-21-11-9-19-20-21)6-7-14-12-18-16-5-3-2-4-15(14)16/h2-5,9,11-13,17-18H,6-8,10H2,1H3. The van der Waals surface area contributed by atoms with Gasteiger partial charge in [-0.1, -0.05) is 23.4 Å². The molecular weight excluding hydrogens is 262 g/mol. The molecule has 1 atom stereocenters. The molecule has 2 N–H and O–H groups in total. The molecule has 0 saturated carbocycles. The van der Waals surface area contributed by atoms with Gasteiger partial charge >= 0.3 is 0 Å². The molecule has 0 bridgehead atoms. The summed E-state index contributed by atoms with van der Waals surface area (Å²) in [5.41, 5.74) is 2.62. The number of fused-ring (bicyclic) bond motifs is 1. The number of aromatic amines is 1. The van der Waals surface area contributed by atoms with Gasteiger partial charge in [-0.3, -0.25) is 4.68 Å². The summed E-state index contributed by atoms with van der Waals surface area (Å²) < 4.78 is 1.85. The molecule has 0 fully saturated rings. The summed E-state index contributed by atoms with van der Waals surface area (Å²) in [6.45, 7) is 4.01. The van der Waals surface area contributed by atoms with Gasteiger partial charge < -0.3 is 10.3 Å². The maximum absolute atomic E-state index is 3.96. The molecule has 2 aromatic heterocycles. The highest BCUT2D eigenvalue weighted by atomic mass is 15.4. The number of aromatic nitrogens is 4. The zero-order valence-electron chi connectivity index (χ0n) is 12.3. The van der Waals surface area contributed by atoms with E-state index in [1.54, 1.807) is 6.20 Å². The minimum atomic E-state index is 0.488. The minimum Gasteiger partial charge on any atom is -0.361 e. The van der Waals surface area contributed by atoms with Crippen molar-refractivity contribution in [2.45, 2.75) is 32.4 Å². The van der Waals surface area contributed by atoms with E-state index in [-0.39, 0.29) is 0 Å². The lowest BCUT2D eigenvalue weighted by Crippen LogP contribution is -2.29. The van der Waals surface area contributed by atoms with Crippen LogP contribution >= 0.6 is 0 Å². The molecule has 0 saturated heterocycles. The Bertz CT molecular complexity index is 671. The SMILES string of the molecule is CC(CCc1c[nH]c2ccccc12)NCCn1ccnn1. The van der Waals surface area contributed by atoms with Crippen molar-refractivity contribution in [2.75, 3.05) is 6.54 Å². The Labute approximate surface area is 124 Å². The van der Waals surface area contributed by atoms with Crippen LogP contribution in [0.2, 0.25) is 0 Å². The van der Waals surface area contributed by atoms with Crippen molar-refractivity contribution in [3.8, 4) is 0 Å². The first-order valence-corrected chi connectivity index (χ1v) is 7.45. The molecular formula is C16H21N5. The van der Waals surface area contributed by atoms with Crippen LogP contribution in [0, 0.1) is 0 Å². The fraction of sp³-hybridized carbons (Fsp3) is 0.375. The summed E-state index contributed by atoms with van der Waals surface area (Å²) in [5, 5.41) is 12.6. The van der Waals surface area contributed by atoms with Crippen LogP contribution in [-0.4, -0.2) is 32.6 Å². The zero-order valence-corrected chi connectivity index (χ0v) is 12.3. The van der Waals surface area contributed by atoms with Crippen molar-refractivity contribution in [1.82, 2.24) is 25.3 Å². The van der Waals surface area contributed by atoms with Crippen molar-refractivity contribution in [1.29, 1.82) is 0 Å². The van der Waals surface area contributed by atoms with E-state index >= 15 is 0 Å². The molecule has 0 spiro atoms. The molecule has 2 heterocycles. The Balaban J connectivity index is 1.46. The molecule has 21 heavy (non-hydrogen) atoms. The lowest BCUT2D eigenvalue weighted by molar-refractivity contribution is 0.471. The number of aryl methyl sites for hydroxylation is 1. The highest BCUT2D eigenvalue weighted by Crippen LogP contribution is 2.19. The summed E-state index contributed by atoms with van der Waals surface area (Å²) in [4.78, 5) is 3.33. The quantitative estimate of drug-likeness (QED) is 0.700. The summed E-state index contributed by atoms with van der Waals surface area (Å²) in [6, 6.07) is 8.96. The van der Waals surface area contributed by atoms with Crippen LogP contribution in [0.5, 0.6) is 0 Å². The lowest BCUT2D eigenvalue weighted by Gasteiger charge is -2.13. The van der Waals surface area contributed by atoms with Crippen molar-refractivity contribution < 1.29 is 0 Å². The van der Waals surface area contributed by atoms with E-state index in [1.165, 1.54) is 16.5 Å². The summed E-state index contributed by atoms with van der Waals surface area (Å²) in [5.74, 6) is 0. The molecule has 0 aliphatic rings. The van der Waals surface area contributed by atoms with Crippen LogP contribution in [0.1, 0.15) is 18.9 Å². The Morgan fingerprint density at radius 3 is 3.10 bits per heavy atom. The van der Waals surface area contributed by atoms with E-state index in [0.29, 0.717) is 6.04 Å². The van der Waals surface area contributed by atoms with Crippen LogP contribution in [0.3, 0.4) is 0 Å². The summed E-state index contributed by atoms with van der Waals surface area (Å²) >= 11 is 0. The van der Waals surface area contributed by atoms with E-state index in [1.807, 2.05) is 10.9 Å². The second-order valence-electron chi connectivity index (χ2n) is 5.42. The fourth-order valence-electron chi connectivity index (χ4n) is 2.59. The van der Waals surface area contributed by atoms with Gasteiger partial charge in [0.15, 0.2) is 0 Å². The molecule has 110 valence electrons. The number of nitrogens with zero attached hydrogens (tertiary/aromatic N) is 3. The zero-order chi connectivity index (χ0) is 14.5. The molecule has 1 aromatic carbocycles. The highest BCUT2D eigenvalue weighted by Gasteiger charge is 2.06. The monoisotopic (exact) mass is 283 g/mol. The largest absolute Gasteiger partial charge is 0.361 e. The van der Waals surface area contributed by atoms with Gasteiger partial charge in [0.05, 0.1) is 12.7 Å². The van der Waals surface area contributed by atoms with E-state index in [4.69, 9.17) is 0 Å². The van der Waals surface area contributed by atoms with E-state index in [2.05, 4.69) is 58.0 Å². The molecule has 0 aliphatic heterocycles. The maximum atomic E-state index is 3.96. The minimum absolute atomic E-state index is 0.488. The van der Waals surface area contributed by atoms with Crippen LogP contribution in [0.25, 0.3) is 10.9 Å². The van der Waals surface area contributed by atoms with Gasteiger partial charge in [0.2, 0.25) is 0 Å². The first kappa shape index (κ1) is 13.8. The van der Waals surface area contributed by atoms with Gasteiger partial charge in [-0.05, 0) is 31.4 Å². The van der Waals surface area contributed by atoms with Crippen molar-refractivity contribution in [3.05, 3.63) is 48.4 Å².